The zero-order valence-electron chi connectivity index (χ0n) is 15.8. The molecule has 7 N–H and O–H groups in total. The predicted octanol–water partition coefficient (Wildman–Crippen LogP) is -0.384. The summed E-state index contributed by atoms with van der Waals surface area (Å²) in [7, 11) is 0. The Labute approximate surface area is 189 Å². The van der Waals surface area contributed by atoms with Crippen LogP contribution in [0.4, 0.5) is 5.82 Å². The number of anilines is 1. The molecule has 3 rings (SSSR count). The molecule has 15 heteroatoms. The van der Waals surface area contributed by atoms with E-state index in [4.69, 9.17) is 39.4 Å². The van der Waals surface area contributed by atoms with Crippen LogP contribution in [0.5, 0.6) is 0 Å². The Balaban J connectivity index is 1.74. The van der Waals surface area contributed by atoms with Crippen molar-refractivity contribution < 1.29 is 24.5 Å². The third kappa shape index (κ3) is 5.02. The monoisotopic (exact) mass is 491 g/mol. The SMILES string of the molecule is Nc1ncnc2c1ncn2[C@@H]1O[C@H](C(=O)O)[C@@H](NC(=O)[C@H](N)CSC/C(Cl)=C/Cl)[C@H]1O. The van der Waals surface area contributed by atoms with Crippen LogP contribution in [0.15, 0.2) is 23.2 Å². The van der Waals surface area contributed by atoms with Crippen molar-refractivity contribution in [2.24, 2.45) is 5.73 Å². The number of aliphatic carboxylic acids is 1. The molecule has 0 spiro atoms. The normalized spacial score (nSPS) is 25.0. The summed E-state index contributed by atoms with van der Waals surface area (Å²) in [6.07, 6.45) is -1.67. The number of carboxylic acids is 1. The van der Waals surface area contributed by atoms with Gasteiger partial charge in [0.15, 0.2) is 23.8 Å². The van der Waals surface area contributed by atoms with Gasteiger partial charge in [-0.1, -0.05) is 23.2 Å². The molecule has 3 heterocycles. The van der Waals surface area contributed by atoms with E-state index in [-0.39, 0.29) is 22.7 Å². The number of carbonyl (C=O) groups excluding carboxylic acids is 1. The number of nitrogens with one attached hydrogen (secondary N) is 1. The highest BCUT2D eigenvalue weighted by Gasteiger charge is 2.49. The first-order chi connectivity index (χ1) is 14.7. The van der Waals surface area contributed by atoms with Crippen LogP contribution in [0.2, 0.25) is 0 Å². The van der Waals surface area contributed by atoms with Crippen LogP contribution < -0.4 is 16.8 Å². The second-order valence-corrected chi connectivity index (χ2v) is 8.30. The molecule has 1 aliphatic heterocycles. The number of rotatable bonds is 8. The van der Waals surface area contributed by atoms with Gasteiger partial charge in [0.1, 0.15) is 17.9 Å². The van der Waals surface area contributed by atoms with Gasteiger partial charge in [0.2, 0.25) is 5.91 Å². The first-order valence-corrected chi connectivity index (χ1v) is 10.8. The van der Waals surface area contributed by atoms with Gasteiger partial charge >= 0.3 is 5.97 Å². The molecule has 1 saturated heterocycles. The van der Waals surface area contributed by atoms with E-state index in [0.717, 1.165) is 0 Å². The van der Waals surface area contributed by atoms with E-state index in [9.17, 15) is 19.8 Å². The number of nitrogens with two attached hydrogens (primary N) is 2. The number of aliphatic hydroxyl groups excluding tert-OH is 1. The van der Waals surface area contributed by atoms with Gasteiger partial charge in [0.25, 0.3) is 0 Å². The Morgan fingerprint density at radius 2 is 2.16 bits per heavy atom. The lowest BCUT2D eigenvalue weighted by Crippen LogP contribution is -2.54. The highest BCUT2D eigenvalue weighted by Crippen LogP contribution is 2.32. The van der Waals surface area contributed by atoms with Gasteiger partial charge < -0.3 is 31.7 Å². The average Bonchev–Trinajstić information content (AvgIpc) is 3.30. The number of aromatic nitrogens is 4. The summed E-state index contributed by atoms with van der Waals surface area (Å²) in [5.74, 6) is -1.35. The number of hydrogen-bond donors (Lipinski definition) is 5. The number of thioether (sulfide) groups is 1. The Hall–Kier alpha value is -2.16. The largest absolute Gasteiger partial charge is 0.479 e. The fraction of sp³-hybridized carbons (Fsp3) is 0.438. The minimum Gasteiger partial charge on any atom is -0.479 e. The highest BCUT2D eigenvalue weighted by molar-refractivity contribution is 7.99. The van der Waals surface area contributed by atoms with Crippen LogP contribution >= 0.6 is 35.0 Å². The molecule has 0 unspecified atom stereocenters. The molecule has 5 atom stereocenters. The molecule has 0 bridgehead atoms. The van der Waals surface area contributed by atoms with E-state index in [2.05, 4.69) is 20.3 Å². The standard InChI is InChI=1S/C16H19Cl2N7O5S/c17-1-6(18)2-31-3-7(19)14(27)24-8-10(26)15(30-11(8)16(28)29)25-5-23-9-12(20)21-4-22-13(9)25/h1,4-5,7-8,10-11,15,26H,2-3,19H2,(H,24,27)(H,28,29)(H2,20,21,22)/b6-1-/t7-,8+,10-,11+,15-/m1/s1. The summed E-state index contributed by atoms with van der Waals surface area (Å²) < 4.78 is 6.85. The van der Waals surface area contributed by atoms with Gasteiger partial charge in [0.05, 0.1) is 18.4 Å². The molecule has 12 nitrogen and oxygen atoms in total. The van der Waals surface area contributed by atoms with Crippen molar-refractivity contribution in [3.63, 3.8) is 0 Å². The van der Waals surface area contributed by atoms with Crippen molar-refractivity contribution in [1.82, 2.24) is 24.8 Å². The van der Waals surface area contributed by atoms with Crippen molar-refractivity contribution in [3.05, 3.63) is 23.2 Å². The summed E-state index contributed by atoms with van der Waals surface area (Å²) >= 11 is 12.5. The van der Waals surface area contributed by atoms with Crippen molar-refractivity contribution in [2.75, 3.05) is 17.2 Å². The molecule has 0 aliphatic carbocycles. The first kappa shape index (κ1) is 23.5. The second-order valence-electron chi connectivity index (χ2n) is 6.57. The molecule has 2 aromatic heterocycles. The van der Waals surface area contributed by atoms with Crippen LogP contribution in [0.25, 0.3) is 11.2 Å². The number of nitrogens with zero attached hydrogens (tertiary/aromatic N) is 4. The summed E-state index contributed by atoms with van der Waals surface area (Å²) in [6.45, 7) is 0. The third-order valence-electron chi connectivity index (χ3n) is 4.48. The molecule has 31 heavy (non-hydrogen) atoms. The van der Waals surface area contributed by atoms with Crippen molar-refractivity contribution in [3.8, 4) is 0 Å². The molecule has 1 fully saturated rings. The number of halogens is 2. The minimum atomic E-state index is -1.53. The van der Waals surface area contributed by atoms with E-state index < -0.39 is 42.4 Å². The number of carboxylic acid groups (broad SMARTS) is 1. The summed E-state index contributed by atoms with van der Waals surface area (Å²) in [6, 6.07) is -2.25. The molecule has 168 valence electrons. The minimum absolute atomic E-state index is 0.114. The highest BCUT2D eigenvalue weighted by atomic mass is 35.5. The number of hydrogen-bond acceptors (Lipinski definition) is 10. The van der Waals surface area contributed by atoms with E-state index in [1.54, 1.807) is 0 Å². The quantitative estimate of drug-likeness (QED) is 0.323. The lowest BCUT2D eigenvalue weighted by molar-refractivity contribution is -0.152. The van der Waals surface area contributed by atoms with Gasteiger partial charge in [-0.2, -0.15) is 11.8 Å². The third-order valence-corrected chi connectivity index (χ3v) is 6.36. The zero-order chi connectivity index (χ0) is 22.7. The summed E-state index contributed by atoms with van der Waals surface area (Å²) in [5.41, 5.74) is 13.3. The molecule has 2 aromatic rings. The fourth-order valence-corrected chi connectivity index (χ4v) is 4.19. The molecule has 0 saturated carbocycles. The summed E-state index contributed by atoms with van der Waals surface area (Å²) in [4.78, 5) is 36.1. The molecule has 1 aliphatic rings. The van der Waals surface area contributed by atoms with Gasteiger partial charge in [0, 0.05) is 22.1 Å². The number of nitrogen functional groups attached to an aromatic ring is 1. The predicted molar refractivity (Wildman–Crippen MR) is 114 cm³/mol. The lowest BCUT2D eigenvalue weighted by Gasteiger charge is -2.22. The maximum Gasteiger partial charge on any atom is 0.335 e. The molecular formula is C16H19Cl2N7O5S. The maximum atomic E-state index is 12.5. The second kappa shape index (κ2) is 9.97. The van der Waals surface area contributed by atoms with Crippen LogP contribution in [-0.4, -0.2) is 77.4 Å². The smallest absolute Gasteiger partial charge is 0.335 e. The van der Waals surface area contributed by atoms with E-state index in [1.807, 2.05) is 0 Å². The number of amides is 1. The molecule has 0 aromatic carbocycles. The fourth-order valence-electron chi connectivity index (χ4n) is 2.99. The maximum absolute atomic E-state index is 12.5. The molecule has 0 radical (unpaired) electrons. The topological polar surface area (TPSA) is 192 Å². The number of carbonyl (C=O) groups is 2. The molecule has 1 amide bonds. The van der Waals surface area contributed by atoms with Crippen LogP contribution in [0.1, 0.15) is 6.23 Å². The Bertz CT molecular complexity index is 1010. The Morgan fingerprint density at radius 1 is 1.42 bits per heavy atom. The van der Waals surface area contributed by atoms with Crippen molar-refractivity contribution >= 4 is 63.8 Å². The number of ether oxygens (including phenoxy) is 1. The van der Waals surface area contributed by atoms with E-state index in [0.29, 0.717) is 10.8 Å². The van der Waals surface area contributed by atoms with Gasteiger partial charge in [-0.3, -0.25) is 9.36 Å². The Morgan fingerprint density at radius 3 is 2.84 bits per heavy atom. The van der Waals surface area contributed by atoms with Gasteiger partial charge in [-0.05, 0) is 0 Å². The summed E-state index contributed by atoms with van der Waals surface area (Å²) in [5, 5.41) is 23.2. The average molecular weight is 492 g/mol. The van der Waals surface area contributed by atoms with Crippen molar-refractivity contribution in [1.29, 1.82) is 0 Å². The van der Waals surface area contributed by atoms with E-state index in [1.165, 1.54) is 34.5 Å². The number of fused-ring (bicyclic) bond motifs is 1. The molecular weight excluding hydrogens is 473 g/mol. The van der Waals surface area contributed by atoms with Crippen LogP contribution in [-0.2, 0) is 14.3 Å². The lowest BCUT2D eigenvalue weighted by atomic mass is 10.1. The van der Waals surface area contributed by atoms with Crippen LogP contribution in [0, 0.1) is 0 Å². The van der Waals surface area contributed by atoms with Gasteiger partial charge in [-0.25, -0.2) is 19.7 Å². The van der Waals surface area contributed by atoms with Crippen LogP contribution in [0.3, 0.4) is 0 Å². The van der Waals surface area contributed by atoms with Crippen molar-refractivity contribution in [2.45, 2.75) is 30.5 Å². The Kier molecular flexibility index (Phi) is 7.56. The number of aliphatic hydroxyl groups is 1. The number of imidazole rings is 1. The zero-order valence-corrected chi connectivity index (χ0v) is 18.1. The first-order valence-electron chi connectivity index (χ1n) is 8.82. The van der Waals surface area contributed by atoms with Gasteiger partial charge in [-0.15, -0.1) is 0 Å². The van der Waals surface area contributed by atoms with E-state index >= 15 is 0 Å².